The molecule has 0 radical (unpaired) electrons. The summed E-state index contributed by atoms with van der Waals surface area (Å²) in [5.74, 6) is 1.17. The predicted molar refractivity (Wildman–Crippen MR) is 89.8 cm³/mol. The lowest BCUT2D eigenvalue weighted by Crippen LogP contribution is -2.39. The van der Waals surface area contributed by atoms with Crippen LogP contribution in [0.4, 0.5) is 0 Å². The number of hydrogen-bond donors (Lipinski definition) is 1. The van der Waals surface area contributed by atoms with Gasteiger partial charge in [-0.3, -0.25) is 0 Å². The monoisotopic (exact) mass is 316 g/mol. The predicted octanol–water partition coefficient (Wildman–Crippen LogP) is 2.63. The van der Waals surface area contributed by atoms with E-state index in [0.29, 0.717) is 24.9 Å². The van der Waals surface area contributed by atoms with Crippen molar-refractivity contribution in [1.29, 1.82) is 0 Å². The van der Waals surface area contributed by atoms with E-state index in [0.717, 1.165) is 38.8 Å². The average molecular weight is 317 g/mol. The zero-order valence-electron chi connectivity index (χ0n) is 14.1. The fraction of sp³-hybridized carbons (Fsp3) is 0.875. The highest BCUT2D eigenvalue weighted by Gasteiger charge is 2.25. The summed E-state index contributed by atoms with van der Waals surface area (Å²) in [6.45, 7) is 10.1. The van der Waals surface area contributed by atoms with Crippen LogP contribution >= 0.6 is 0 Å². The van der Waals surface area contributed by atoms with Crippen LogP contribution in [0.15, 0.2) is 11.6 Å². The van der Waals surface area contributed by atoms with Crippen molar-refractivity contribution < 1.29 is 8.42 Å². The zero-order valence-corrected chi connectivity index (χ0v) is 14.9. The van der Waals surface area contributed by atoms with Crippen LogP contribution in [0.2, 0.25) is 0 Å². The molecule has 0 aromatic carbocycles. The molecular weight excluding hydrogens is 284 g/mol. The standard InChI is InChI=1S/C16H32N2O2S/c1-14(2)12-17-9-5-7-15(3)11-16-8-6-10-18(13-16)21(4,19)20/h7,14,16-17H,5-6,8-13H2,1-4H3. The molecule has 1 saturated heterocycles. The van der Waals surface area contributed by atoms with Gasteiger partial charge in [0.1, 0.15) is 0 Å². The normalized spacial score (nSPS) is 22.0. The summed E-state index contributed by atoms with van der Waals surface area (Å²) < 4.78 is 24.9. The largest absolute Gasteiger partial charge is 0.316 e. The molecule has 1 rings (SSSR count). The first-order chi connectivity index (χ1) is 9.79. The number of piperidine rings is 1. The summed E-state index contributed by atoms with van der Waals surface area (Å²) in [5.41, 5.74) is 1.39. The average Bonchev–Trinajstić information content (AvgIpc) is 2.37. The summed E-state index contributed by atoms with van der Waals surface area (Å²) in [6, 6.07) is 0. The van der Waals surface area contributed by atoms with E-state index in [2.05, 4.69) is 32.2 Å². The van der Waals surface area contributed by atoms with Gasteiger partial charge in [-0.15, -0.1) is 0 Å². The van der Waals surface area contributed by atoms with Gasteiger partial charge in [-0.1, -0.05) is 25.5 Å². The molecule has 0 aromatic heterocycles. The Kier molecular flexibility index (Phi) is 7.92. The van der Waals surface area contributed by atoms with Gasteiger partial charge in [-0.05, 0) is 57.5 Å². The lowest BCUT2D eigenvalue weighted by molar-refractivity contribution is 0.266. The van der Waals surface area contributed by atoms with E-state index < -0.39 is 10.0 Å². The number of allylic oxidation sites excluding steroid dienone is 1. The van der Waals surface area contributed by atoms with Gasteiger partial charge >= 0.3 is 0 Å². The molecule has 124 valence electrons. The Labute approximate surface area is 131 Å². The maximum atomic E-state index is 11.6. The van der Waals surface area contributed by atoms with Gasteiger partial charge in [0.2, 0.25) is 10.0 Å². The van der Waals surface area contributed by atoms with Gasteiger partial charge in [0, 0.05) is 13.1 Å². The Morgan fingerprint density at radius 3 is 2.76 bits per heavy atom. The van der Waals surface area contributed by atoms with Crippen molar-refractivity contribution in [1.82, 2.24) is 9.62 Å². The summed E-state index contributed by atoms with van der Waals surface area (Å²) in [7, 11) is -3.02. The molecule has 1 aliphatic heterocycles. The molecule has 0 saturated carbocycles. The highest BCUT2D eigenvalue weighted by atomic mass is 32.2. The third-order valence-electron chi connectivity index (χ3n) is 3.93. The lowest BCUT2D eigenvalue weighted by atomic mass is 9.92. The van der Waals surface area contributed by atoms with Crippen LogP contribution in [0.5, 0.6) is 0 Å². The lowest BCUT2D eigenvalue weighted by Gasteiger charge is -2.31. The maximum absolute atomic E-state index is 11.6. The van der Waals surface area contributed by atoms with Gasteiger partial charge in [0.15, 0.2) is 0 Å². The van der Waals surface area contributed by atoms with E-state index in [9.17, 15) is 8.42 Å². The Hall–Kier alpha value is -0.390. The molecule has 1 heterocycles. The highest BCUT2D eigenvalue weighted by molar-refractivity contribution is 7.88. The van der Waals surface area contributed by atoms with Crippen LogP contribution < -0.4 is 5.32 Å². The molecule has 1 aliphatic rings. The van der Waals surface area contributed by atoms with E-state index >= 15 is 0 Å². The third-order valence-corrected chi connectivity index (χ3v) is 5.20. The van der Waals surface area contributed by atoms with Crippen LogP contribution in [-0.2, 0) is 10.0 Å². The van der Waals surface area contributed by atoms with E-state index in [1.165, 1.54) is 11.8 Å². The van der Waals surface area contributed by atoms with Crippen molar-refractivity contribution in [3.05, 3.63) is 11.6 Å². The first-order valence-electron chi connectivity index (χ1n) is 8.10. The minimum atomic E-state index is -3.02. The highest BCUT2D eigenvalue weighted by Crippen LogP contribution is 2.24. The molecule has 4 nitrogen and oxygen atoms in total. The molecule has 0 spiro atoms. The van der Waals surface area contributed by atoms with E-state index in [4.69, 9.17) is 0 Å². The smallest absolute Gasteiger partial charge is 0.211 e. The SMILES string of the molecule is CC(=CCCNCC(C)C)CC1CCCN(S(C)(=O)=O)C1. The summed E-state index contributed by atoms with van der Waals surface area (Å²) in [6.07, 6.45) is 7.83. The summed E-state index contributed by atoms with van der Waals surface area (Å²) >= 11 is 0. The van der Waals surface area contributed by atoms with Crippen LogP contribution in [0, 0.1) is 11.8 Å². The molecule has 0 bridgehead atoms. The van der Waals surface area contributed by atoms with Crippen LogP contribution in [0.25, 0.3) is 0 Å². The van der Waals surface area contributed by atoms with E-state index in [1.807, 2.05) is 0 Å². The van der Waals surface area contributed by atoms with Crippen molar-refractivity contribution in [2.75, 3.05) is 32.4 Å². The Morgan fingerprint density at radius 1 is 1.43 bits per heavy atom. The fourth-order valence-electron chi connectivity index (χ4n) is 2.84. The quantitative estimate of drug-likeness (QED) is 0.553. The number of hydrogen-bond acceptors (Lipinski definition) is 3. The van der Waals surface area contributed by atoms with E-state index in [-0.39, 0.29) is 0 Å². The minimum Gasteiger partial charge on any atom is -0.316 e. The number of sulfonamides is 1. The Balaban J connectivity index is 2.31. The zero-order chi connectivity index (χ0) is 15.9. The molecule has 0 aliphatic carbocycles. The molecule has 1 N–H and O–H groups in total. The second kappa shape index (κ2) is 8.91. The van der Waals surface area contributed by atoms with Gasteiger partial charge in [0.25, 0.3) is 0 Å². The molecule has 5 heteroatoms. The summed E-state index contributed by atoms with van der Waals surface area (Å²) in [5, 5.41) is 3.44. The molecule has 21 heavy (non-hydrogen) atoms. The van der Waals surface area contributed by atoms with Crippen LogP contribution in [0.3, 0.4) is 0 Å². The van der Waals surface area contributed by atoms with Crippen molar-refractivity contribution >= 4 is 10.0 Å². The van der Waals surface area contributed by atoms with Crippen molar-refractivity contribution in [3.63, 3.8) is 0 Å². The summed E-state index contributed by atoms with van der Waals surface area (Å²) in [4.78, 5) is 0. The number of rotatable bonds is 8. The second-order valence-electron chi connectivity index (χ2n) is 6.77. The van der Waals surface area contributed by atoms with Gasteiger partial charge in [0.05, 0.1) is 6.26 Å². The molecule has 1 fully saturated rings. The van der Waals surface area contributed by atoms with Crippen LogP contribution in [0.1, 0.15) is 46.5 Å². The van der Waals surface area contributed by atoms with Gasteiger partial charge in [-0.25, -0.2) is 12.7 Å². The minimum absolute atomic E-state index is 0.480. The van der Waals surface area contributed by atoms with Crippen LogP contribution in [-0.4, -0.2) is 45.2 Å². The molecular formula is C16H32N2O2S. The van der Waals surface area contributed by atoms with Crippen molar-refractivity contribution in [2.45, 2.75) is 46.5 Å². The third kappa shape index (κ3) is 7.98. The maximum Gasteiger partial charge on any atom is 0.211 e. The number of nitrogens with one attached hydrogen (secondary N) is 1. The molecule has 1 atom stereocenters. The fourth-order valence-corrected chi connectivity index (χ4v) is 3.79. The van der Waals surface area contributed by atoms with Crippen molar-refractivity contribution in [2.24, 2.45) is 11.8 Å². The molecule has 0 aromatic rings. The Morgan fingerprint density at radius 2 is 2.14 bits per heavy atom. The molecule has 1 unspecified atom stereocenters. The first kappa shape index (κ1) is 18.7. The van der Waals surface area contributed by atoms with Gasteiger partial charge < -0.3 is 5.32 Å². The van der Waals surface area contributed by atoms with E-state index in [1.54, 1.807) is 4.31 Å². The number of nitrogens with zero attached hydrogens (tertiary/aromatic N) is 1. The Bertz CT molecular complexity index is 430. The second-order valence-corrected chi connectivity index (χ2v) is 8.75. The van der Waals surface area contributed by atoms with Crippen molar-refractivity contribution in [3.8, 4) is 0 Å². The molecule has 0 amide bonds. The van der Waals surface area contributed by atoms with Gasteiger partial charge in [-0.2, -0.15) is 0 Å². The topological polar surface area (TPSA) is 49.4 Å². The first-order valence-corrected chi connectivity index (χ1v) is 9.95.